The van der Waals surface area contributed by atoms with Gasteiger partial charge in [-0.05, 0) is 37.6 Å². The quantitative estimate of drug-likeness (QED) is 0.714. The Morgan fingerprint density at radius 1 is 1.30 bits per heavy atom. The van der Waals surface area contributed by atoms with E-state index in [4.69, 9.17) is 37.4 Å². The molecule has 1 N–H and O–H groups in total. The van der Waals surface area contributed by atoms with Crippen LogP contribution in [0.4, 0.5) is 5.69 Å². The molecule has 3 rings (SSSR count). The second-order valence-electron chi connectivity index (χ2n) is 6.13. The fraction of sp³-hybridized carbons (Fsp3) is 0.471. The standard InChI is InChI=1S/C17H19Cl2NO6S/c1-2-24-16(21)12-10-17(25-7-8-26-17)6-5-15(12)27(22,23)20-11-3-4-13(18)14(19)9-11/h3-4,9-10,15,20H,2,5-8H2,1H3. The lowest BCUT2D eigenvalue weighted by atomic mass is 9.94. The summed E-state index contributed by atoms with van der Waals surface area (Å²) in [4.78, 5) is 12.4. The molecule has 1 fully saturated rings. The number of esters is 1. The summed E-state index contributed by atoms with van der Waals surface area (Å²) >= 11 is 11.8. The molecule has 0 aromatic heterocycles. The Hall–Kier alpha value is -1.32. The van der Waals surface area contributed by atoms with Crippen LogP contribution in [0.3, 0.4) is 0 Å². The number of carbonyl (C=O) groups is 1. The van der Waals surface area contributed by atoms with Crippen molar-refractivity contribution in [3.05, 3.63) is 39.9 Å². The molecule has 1 aromatic rings. The summed E-state index contributed by atoms with van der Waals surface area (Å²) in [6.07, 6.45) is 1.88. The summed E-state index contributed by atoms with van der Waals surface area (Å²) < 4.78 is 44.6. The molecule has 10 heteroatoms. The normalized spacial score (nSPS) is 21.7. The van der Waals surface area contributed by atoms with Crippen molar-refractivity contribution in [1.29, 1.82) is 0 Å². The highest BCUT2D eigenvalue weighted by molar-refractivity contribution is 7.93. The molecule has 1 aromatic carbocycles. The SMILES string of the molecule is CCOC(=O)C1=CC2(CCC1S(=O)(=O)Nc1ccc(Cl)c(Cl)c1)OCCO2. The number of nitrogens with one attached hydrogen (secondary N) is 1. The van der Waals surface area contributed by atoms with Gasteiger partial charge >= 0.3 is 5.97 Å². The van der Waals surface area contributed by atoms with Crippen LogP contribution in [0.15, 0.2) is 29.8 Å². The van der Waals surface area contributed by atoms with E-state index in [0.29, 0.717) is 24.7 Å². The molecule has 1 spiro atoms. The van der Waals surface area contributed by atoms with E-state index in [2.05, 4.69) is 4.72 Å². The van der Waals surface area contributed by atoms with Crippen LogP contribution < -0.4 is 4.72 Å². The molecule has 0 radical (unpaired) electrons. The number of ether oxygens (including phenoxy) is 3. The summed E-state index contributed by atoms with van der Waals surface area (Å²) in [5.74, 6) is -1.78. The first kappa shape index (κ1) is 20.4. The molecule has 1 saturated heterocycles. The van der Waals surface area contributed by atoms with Crippen molar-refractivity contribution in [3.63, 3.8) is 0 Å². The molecular weight excluding hydrogens is 417 g/mol. The van der Waals surface area contributed by atoms with Crippen molar-refractivity contribution in [2.24, 2.45) is 0 Å². The first-order chi connectivity index (χ1) is 12.8. The third kappa shape index (κ3) is 4.41. The maximum atomic E-state index is 13.0. The minimum Gasteiger partial charge on any atom is -0.463 e. The number of sulfonamides is 1. The fourth-order valence-corrected chi connectivity index (χ4v) is 4.93. The van der Waals surface area contributed by atoms with Crippen LogP contribution in [0.2, 0.25) is 10.0 Å². The molecule has 0 amide bonds. The summed E-state index contributed by atoms with van der Waals surface area (Å²) in [6.45, 7) is 2.53. The zero-order chi connectivity index (χ0) is 19.7. The zero-order valence-electron chi connectivity index (χ0n) is 14.5. The van der Waals surface area contributed by atoms with Gasteiger partial charge in [-0.1, -0.05) is 23.2 Å². The third-order valence-corrected chi connectivity index (χ3v) is 6.82. The smallest absolute Gasteiger partial charge is 0.335 e. The van der Waals surface area contributed by atoms with Crippen molar-refractivity contribution >= 4 is 44.9 Å². The number of anilines is 1. The van der Waals surface area contributed by atoms with Crippen LogP contribution in [0.5, 0.6) is 0 Å². The molecule has 2 aliphatic rings. The average molecular weight is 436 g/mol. The lowest BCUT2D eigenvalue weighted by Gasteiger charge is -2.33. The van der Waals surface area contributed by atoms with Gasteiger partial charge in [-0.25, -0.2) is 13.2 Å². The largest absolute Gasteiger partial charge is 0.463 e. The highest BCUT2D eigenvalue weighted by Crippen LogP contribution is 2.38. The van der Waals surface area contributed by atoms with E-state index in [0.717, 1.165) is 0 Å². The first-order valence-electron chi connectivity index (χ1n) is 8.41. The van der Waals surface area contributed by atoms with Gasteiger partial charge in [0.15, 0.2) is 5.79 Å². The summed E-state index contributed by atoms with van der Waals surface area (Å²) in [7, 11) is -3.96. The first-order valence-corrected chi connectivity index (χ1v) is 10.7. The molecular formula is C17H19Cl2NO6S. The van der Waals surface area contributed by atoms with Gasteiger partial charge in [0, 0.05) is 6.42 Å². The molecule has 1 atom stereocenters. The molecule has 148 valence electrons. The van der Waals surface area contributed by atoms with E-state index in [1.807, 2.05) is 0 Å². The average Bonchev–Trinajstić information content (AvgIpc) is 3.05. The Bertz CT molecular complexity index is 864. The molecule has 1 aliphatic carbocycles. The van der Waals surface area contributed by atoms with Crippen molar-refractivity contribution in [2.45, 2.75) is 30.8 Å². The Balaban J connectivity index is 1.92. The third-order valence-electron chi connectivity index (χ3n) is 4.32. The monoisotopic (exact) mass is 435 g/mol. The lowest BCUT2D eigenvalue weighted by Crippen LogP contribution is -2.42. The molecule has 1 unspecified atom stereocenters. The van der Waals surface area contributed by atoms with Crippen LogP contribution in [-0.4, -0.2) is 45.2 Å². The summed E-state index contributed by atoms with van der Waals surface area (Å²) in [5, 5.41) is -0.584. The topological polar surface area (TPSA) is 90.9 Å². The number of benzene rings is 1. The maximum absolute atomic E-state index is 13.0. The van der Waals surface area contributed by atoms with Crippen LogP contribution >= 0.6 is 23.2 Å². The highest BCUT2D eigenvalue weighted by atomic mass is 35.5. The van der Waals surface area contributed by atoms with Gasteiger partial charge in [-0.2, -0.15) is 0 Å². The molecule has 7 nitrogen and oxygen atoms in total. The van der Waals surface area contributed by atoms with Gasteiger partial charge in [0.05, 0.1) is 41.1 Å². The highest BCUT2D eigenvalue weighted by Gasteiger charge is 2.46. The van der Waals surface area contributed by atoms with Crippen LogP contribution in [0.25, 0.3) is 0 Å². The summed E-state index contributed by atoms with van der Waals surface area (Å²) in [5.41, 5.74) is 0.249. The van der Waals surface area contributed by atoms with E-state index < -0.39 is 27.0 Å². The van der Waals surface area contributed by atoms with Gasteiger partial charge in [0.2, 0.25) is 10.0 Å². The molecule has 1 aliphatic heterocycles. The fourth-order valence-electron chi connectivity index (χ4n) is 3.11. The Morgan fingerprint density at radius 2 is 2.00 bits per heavy atom. The number of halogens is 2. The maximum Gasteiger partial charge on any atom is 0.335 e. The second-order valence-corrected chi connectivity index (χ2v) is 8.81. The lowest BCUT2D eigenvalue weighted by molar-refractivity contribution is -0.143. The molecule has 27 heavy (non-hydrogen) atoms. The van der Waals surface area contributed by atoms with Crippen molar-refractivity contribution in [1.82, 2.24) is 0 Å². The molecule has 1 heterocycles. The van der Waals surface area contributed by atoms with E-state index >= 15 is 0 Å². The Labute approximate surface area is 167 Å². The number of rotatable bonds is 5. The summed E-state index contributed by atoms with van der Waals surface area (Å²) in [6, 6.07) is 4.38. The van der Waals surface area contributed by atoms with Crippen LogP contribution in [0.1, 0.15) is 19.8 Å². The second kappa shape index (κ2) is 7.97. The Kier molecular flexibility index (Phi) is 6.02. The minimum atomic E-state index is -3.96. The van der Waals surface area contributed by atoms with E-state index in [-0.39, 0.29) is 29.3 Å². The van der Waals surface area contributed by atoms with Crippen LogP contribution in [-0.2, 0) is 29.0 Å². The van der Waals surface area contributed by atoms with Crippen molar-refractivity contribution in [3.8, 4) is 0 Å². The molecule has 0 saturated carbocycles. The van der Waals surface area contributed by atoms with Crippen LogP contribution in [0, 0.1) is 0 Å². The van der Waals surface area contributed by atoms with Gasteiger partial charge in [-0.15, -0.1) is 0 Å². The minimum absolute atomic E-state index is 0.00226. The van der Waals surface area contributed by atoms with Gasteiger partial charge in [-0.3, -0.25) is 4.72 Å². The van der Waals surface area contributed by atoms with Crippen molar-refractivity contribution < 1.29 is 27.4 Å². The van der Waals surface area contributed by atoms with Gasteiger partial charge in [0.1, 0.15) is 5.25 Å². The van der Waals surface area contributed by atoms with E-state index in [1.54, 1.807) is 6.92 Å². The predicted octanol–water partition coefficient (Wildman–Crippen LogP) is 3.13. The molecule has 0 bridgehead atoms. The predicted molar refractivity (Wildman–Crippen MR) is 101 cm³/mol. The zero-order valence-corrected chi connectivity index (χ0v) is 16.9. The van der Waals surface area contributed by atoms with E-state index in [9.17, 15) is 13.2 Å². The Morgan fingerprint density at radius 3 is 2.63 bits per heavy atom. The number of hydrogen-bond donors (Lipinski definition) is 1. The van der Waals surface area contributed by atoms with Gasteiger partial charge < -0.3 is 14.2 Å². The number of hydrogen-bond acceptors (Lipinski definition) is 6. The number of carbonyl (C=O) groups excluding carboxylic acids is 1. The van der Waals surface area contributed by atoms with Gasteiger partial charge in [0.25, 0.3) is 0 Å². The van der Waals surface area contributed by atoms with E-state index in [1.165, 1.54) is 24.3 Å². The van der Waals surface area contributed by atoms with Crippen molar-refractivity contribution in [2.75, 3.05) is 24.5 Å².